The normalized spacial score (nSPS) is 23.3. The van der Waals surface area contributed by atoms with Crippen LogP contribution < -0.4 is 5.73 Å². The fourth-order valence-corrected chi connectivity index (χ4v) is 3.99. The molecule has 1 fully saturated rings. The van der Waals surface area contributed by atoms with Gasteiger partial charge in [0.2, 0.25) is 0 Å². The molecule has 2 heterocycles. The van der Waals surface area contributed by atoms with E-state index >= 15 is 0 Å². The second-order valence-electron chi connectivity index (χ2n) is 5.79. The number of ether oxygens (including phenoxy) is 1. The molecule has 124 valence electrons. The van der Waals surface area contributed by atoms with Crippen LogP contribution in [0.15, 0.2) is 34.5 Å². The van der Waals surface area contributed by atoms with Crippen molar-refractivity contribution < 1.29 is 9.13 Å². The van der Waals surface area contributed by atoms with E-state index in [-0.39, 0.29) is 17.1 Å². The number of thioether (sulfide) groups is 1. The molecular weight excluding hydrogens is 315 g/mol. The van der Waals surface area contributed by atoms with Gasteiger partial charge in [-0.3, -0.25) is 0 Å². The average Bonchev–Trinajstić information content (AvgIpc) is 2.56. The van der Waals surface area contributed by atoms with Gasteiger partial charge in [0, 0.05) is 19.1 Å². The third-order valence-corrected chi connectivity index (χ3v) is 5.05. The van der Waals surface area contributed by atoms with Crippen molar-refractivity contribution in [2.24, 2.45) is 15.9 Å². The highest BCUT2D eigenvalue weighted by Crippen LogP contribution is 2.29. The number of rotatable bonds is 3. The molecule has 1 aromatic carbocycles. The molecule has 1 saturated heterocycles. The molecule has 0 spiro atoms. The van der Waals surface area contributed by atoms with E-state index in [2.05, 4.69) is 15.1 Å². The van der Waals surface area contributed by atoms with Gasteiger partial charge in [-0.25, -0.2) is 4.39 Å². The number of nitrogens with two attached hydrogens (primary N) is 1. The minimum absolute atomic E-state index is 0.0576. The van der Waals surface area contributed by atoms with Gasteiger partial charge in [-0.05, 0) is 31.0 Å². The summed E-state index contributed by atoms with van der Waals surface area (Å²) in [6.07, 6.45) is 0.796. The van der Waals surface area contributed by atoms with Crippen LogP contribution in [0.2, 0.25) is 0 Å². The first kappa shape index (κ1) is 16.4. The molecule has 3 rings (SSSR count). The molecule has 0 radical (unpaired) electrons. The third kappa shape index (κ3) is 4.10. The molecule has 0 aromatic heterocycles. The maximum absolute atomic E-state index is 13.2. The maximum atomic E-state index is 13.2. The van der Waals surface area contributed by atoms with Crippen molar-refractivity contribution in [1.29, 1.82) is 0 Å². The van der Waals surface area contributed by atoms with Gasteiger partial charge in [0.25, 0.3) is 0 Å². The average molecular weight is 336 g/mol. The summed E-state index contributed by atoms with van der Waals surface area (Å²) in [7, 11) is 0. The first-order valence-electron chi connectivity index (χ1n) is 7.80. The smallest absolute Gasteiger partial charge is 0.186 e. The largest absolute Gasteiger partial charge is 0.378 e. The highest BCUT2D eigenvalue weighted by Gasteiger charge is 2.29. The van der Waals surface area contributed by atoms with Crippen molar-refractivity contribution in [3.05, 3.63) is 35.6 Å². The second kappa shape index (κ2) is 7.42. The minimum Gasteiger partial charge on any atom is -0.378 e. The highest BCUT2D eigenvalue weighted by atomic mass is 32.2. The molecule has 23 heavy (non-hydrogen) atoms. The minimum atomic E-state index is -0.251. The molecule has 0 aliphatic carbocycles. The number of nitrogens with zero attached hydrogens (tertiary/aromatic N) is 3. The van der Waals surface area contributed by atoms with Crippen LogP contribution in [0.4, 0.5) is 4.39 Å². The van der Waals surface area contributed by atoms with Gasteiger partial charge >= 0.3 is 0 Å². The SMILES string of the molecule is CC(N)CC1SC(N2CCOCC2)=NN=C1c1ccc(F)cc1. The molecule has 0 amide bonds. The summed E-state index contributed by atoms with van der Waals surface area (Å²) >= 11 is 1.69. The standard InChI is InChI=1S/C16H21FN4OS/c1-11(18)10-14-15(12-2-4-13(17)5-3-12)19-20-16(23-14)21-6-8-22-9-7-21/h2-5,11,14H,6-10,18H2,1H3. The van der Waals surface area contributed by atoms with E-state index in [1.807, 2.05) is 6.92 Å². The molecule has 1 aromatic rings. The molecule has 2 aliphatic heterocycles. The lowest BCUT2D eigenvalue weighted by Crippen LogP contribution is -2.42. The Bertz CT molecular complexity index is 597. The molecular formula is C16H21FN4OS. The van der Waals surface area contributed by atoms with Crippen LogP contribution in [0.25, 0.3) is 0 Å². The molecule has 2 atom stereocenters. The Balaban J connectivity index is 1.85. The fraction of sp³-hybridized carbons (Fsp3) is 0.500. The van der Waals surface area contributed by atoms with E-state index in [0.29, 0.717) is 13.2 Å². The number of hydrogen-bond acceptors (Lipinski definition) is 6. The molecule has 2 unspecified atom stereocenters. The van der Waals surface area contributed by atoms with Crippen LogP contribution >= 0.6 is 11.8 Å². The first-order valence-corrected chi connectivity index (χ1v) is 8.68. The highest BCUT2D eigenvalue weighted by molar-refractivity contribution is 8.15. The van der Waals surface area contributed by atoms with Crippen molar-refractivity contribution in [3.63, 3.8) is 0 Å². The molecule has 5 nitrogen and oxygen atoms in total. The fourth-order valence-electron chi connectivity index (χ4n) is 2.62. The van der Waals surface area contributed by atoms with Gasteiger partial charge in [0.15, 0.2) is 5.17 Å². The van der Waals surface area contributed by atoms with Crippen LogP contribution in [-0.2, 0) is 4.74 Å². The Morgan fingerprint density at radius 1 is 1.30 bits per heavy atom. The summed E-state index contributed by atoms with van der Waals surface area (Å²) < 4.78 is 18.5. The topological polar surface area (TPSA) is 63.2 Å². The molecule has 0 bridgehead atoms. The molecule has 7 heteroatoms. The van der Waals surface area contributed by atoms with Crippen LogP contribution in [0.3, 0.4) is 0 Å². The van der Waals surface area contributed by atoms with E-state index in [9.17, 15) is 4.39 Å². The van der Waals surface area contributed by atoms with E-state index < -0.39 is 0 Å². The number of amidine groups is 1. The molecule has 2 N–H and O–H groups in total. The maximum Gasteiger partial charge on any atom is 0.186 e. The summed E-state index contributed by atoms with van der Waals surface area (Å²) in [6, 6.07) is 6.46. The van der Waals surface area contributed by atoms with E-state index in [1.165, 1.54) is 12.1 Å². The summed E-state index contributed by atoms with van der Waals surface area (Å²) in [4.78, 5) is 2.20. The summed E-state index contributed by atoms with van der Waals surface area (Å²) in [6.45, 7) is 5.08. The lowest BCUT2D eigenvalue weighted by Gasteiger charge is -2.32. The Kier molecular flexibility index (Phi) is 5.30. The Labute approximate surface area is 139 Å². The number of hydrogen-bond donors (Lipinski definition) is 1. The van der Waals surface area contributed by atoms with Crippen LogP contribution in [-0.4, -0.2) is 53.4 Å². The van der Waals surface area contributed by atoms with Gasteiger partial charge in [-0.15, -0.1) is 5.10 Å². The van der Waals surface area contributed by atoms with Crippen LogP contribution in [0, 0.1) is 5.82 Å². The Morgan fingerprint density at radius 3 is 2.65 bits per heavy atom. The zero-order chi connectivity index (χ0) is 16.2. The van der Waals surface area contributed by atoms with Gasteiger partial charge in [0.05, 0.1) is 24.2 Å². The van der Waals surface area contributed by atoms with E-state index in [4.69, 9.17) is 10.5 Å². The van der Waals surface area contributed by atoms with Crippen LogP contribution in [0.5, 0.6) is 0 Å². The first-order chi connectivity index (χ1) is 11.1. The van der Waals surface area contributed by atoms with Crippen molar-refractivity contribution in [2.45, 2.75) is 24.6 Å². The van der Waals surface area contributed by atoms with Crippen molar-refractivity contribution in [2.75, 3.05) is 26.3 Å². The Morgan fingerprint density at radius 2 is 2.00 bits per heavy atom. The van der Waals surface area contributed by atoms with E-state index in [0.717, 1.165) is 36.0 Å². The number of morpholine rings is 1. The summed E-state index contributed by atoms with van der Waals surface area (Å²) in [5.74, 6) is -0.251. The molecule has 2 aliphatic rings. The summed E-state index contributed by atoms with van der Waals surface area (Å²) in [5, 5.41) is 9.88. The number of benzene rings is 1. The summed E-state index contributed by atoms with van der Waals surface area (Å²) in [5.41, 5.74) is 7.77. The van der Waals surface area contributed by atoms with Gasteiger partial charge in [0.1, 0.15) is 5.82 Å². The zero-order valence-electron chi connectivity index (χ0n) is 13.1. The lowest BCUT2D eigenvalue weighted by molar-refractivity contribution is 0.0692. The third-order valence-electron chi connectivity index (χ3n) is 3.80. The predicted octanol–water partition coefficient (Wildman–Crippen LogP) is 2.07. The van der Waals surface area contributed by atoms with Gasteiger partial charge in [-0.1, -0.05) is 23.9 Å². The second-order valence-corrected chi connectivity index (χ2v) is 6.96. The van der Waals surface area contributed by atoms with E-state index in [1.54, 1.807) is 23.9 Å². The van der Waals surface area contributed by atoms with Crippen molar-refractivity contribution in [3.8, 4) is 0 Å². The Hall–Kier alpha value is -1.44. The van der Waals surface area contributed by atoms with Gasteiger partial charge < -0.3 is 15.4 Å². The monoisotopic (exact) mass is 336 g/mol. The predicted molar refractivity (Wildman–Crippen MR) is 92.4 cm³/mol. The number of halogens is 1. The quantitative estimate of drug-likeness (QED) is 0.918. The van der Waals surface area contributed by atoms with Crippen molar-refractivity contribution in [1.82, 2.24) is 4.90 Å². The molecule has 0 saturated carbocycles. The van der Waals surface area contributed by atoms with Crippen molar-refractivity contribution >= 4 is 22.6 Å². The lowest BCUT2D eigenvalue weighted by atomic mass is 10.0. The zero-order valence-corrected chi connectivity index (χ0v) is 13.9. The van der Waals surface area contributed by atoms with Crippen LogP contribution in [0.1, 0.15) is 18.9 Å². The van der Waals surface area contributed by atoms with Gasteiger partial charge in [-0.2, -0.15) is 5.10 Å².